The maximum atomic E-state index is 6.80. The van der Waals surface area contributed by atoms with Gasteiger partial charge in [-0.05, 0) is 60.8 Å². The molecule has 2 nitrogen and oxygen atoms in total. The molecule has 156 valence electrons. The van der Waals surface area contributed by atoms with E-state index in [2.05, 4.69) is 88.9 Å². The Hall–Kier alpha value is -1.57. The van der Waals surface area contributed by atoms with Crippen LogP contribution in [0.2, 0.25) is 19.6 Å². The summed E-state index contributed by atoms with van der Waals surface area (Å²) in [6.45, 7) is 13.9. The van der Waals surface area contributed by atoms with Gasteiger partial charge in [-0.15, -0.1) is 0 Å². The predicted octanol–water partition coefficient (Wildman–Crippen LogP) is 7.64. The summed E-state index contributed by atoms with van der Waals surface area (Å²) < 4.78 is 12.2. The van der Waals surface area contributed by atoms with Gasteiger partial charge in [0, 0.05) is 17.1 Å². The van der Waals surface area contributed by atoms with Crippen molar-refractivity contribution in [1.29, 1.82) is 0 Å². The van der Waals surface area contributed by atoms with Crippen molar-refractivity contribution in [2.24, 2.45) is 0 Å². The van der Waals surface area contributed by atoms with Crippen LogP contribution in [0.15, 0.2) is 54.1 Å². The summed E-state index contributed by atoms with van der Waals surface area (Å²) in [6.07, 6.45) is 2.44. The summed E-state index contributed by atoms with van der Waals surface area (Å²) >= 11 is 0. The molecular weight excluding hydrogens is 391 g/mol. The lowest BCUT2D eigenvalue weighted by molar-refractivity contribution is 0.414. The molecule has 0 bridgehead atoms. The van der Waals surface area contributed by atoms with Crippen molar-refractivity contribution in [3.63, 3.8) is 0 Å². The van der Waals surface area contributed by atoms with Crippen LogP contribution in [0.25, 0.3) is 5.76 Å². The van der Waals surface area contributed by atoms with Crippen LogP contribution >= 0.6 is 7.92 Å². The van der Waals surface area contributed by atoms with Crippen molar-refractivity contribution < 1.29 is 9.16 Å². The molecule has 0 radical (unpaired) electrons. The Morgan fingerprint density at radius 3 is 2.14 bits per heavy atom. The number of rotatable bonds is 8. The number of hydrogen-bond donors (Lipinski definition) is 0. The van der Waals surface area contributed by atoms with E-state index in [1.54, 1.807) is 7.11 Å². The van der Waals surface area contributed by atoms with Gasteiger partial charge in [-0.25, -0.2) is 0 Å². The average Bonchev–Trinajstić information content (AvgIpc) is 2.97. The van der Waals surface area contributed by atoms with Gasteiger partial charge in [0.15, 0.2) is 0 Å². The minimum atomic E-state index is -1.75. The van der Waals surface area contributed by atoms with Gasteiger partial charge in [0.2, 0.25) is 8.32 Å². The van der Waals surface area contributed by atoms with Crippen LogP contribution in [0.1, 0.15) is 49.0 Å². The van der Waals surface area contributed by atoms with Crippen molar-refractivity contribution in [3.05, 3.63) is 70.8 Å². The molecule has 4 heteroatoms. The van der Waals surface area contributed by atoms with Crippen LogP contribution in [-0.2, 0) is 4.43 Å². The van der Waals surface area contributed by atoms with Crippen LogP contribution in [-0.4, -0.2) is 27.8 Å². The second-order valence-electron chi connectivity index (χ2n) is 8.70. The Morgan fingerprint density at radius 2 is 1.59 bits per heavy atom. The first-order valence-electron chi connectivity index (χ1n) is 10.7. The number of benzene rings is 2. The molecule has 29 heavy (non-hydrogen) atoms. The van der Waals surface area contributed by atoms with Crippen LogP contribution in [0.3, 0.4) is 0 Å². The van der Waals surface area contributed by atoms with Crippen molar-refractivity contribution in [2.45, 2.75) is 52.0 Å². The first kappa shape index (κ1) is 22.1. The fourth-order valence-electron chi connectivity index (χ4n) is 4.34. The molecule has 2 aromatic rings. The molecule has 0 aromatic heterocycles. The molecule has 0 saturated carbocycles. The Balaban J connectivity index is 2.20. The fourth-order valence-corrected chi connectivity index (χ4v) is 7.69. The molecule has 0 amide bonds. The molecular formula is C25H35O2PSi. The molecule has 1 aliphatic rings. The van der Waals surface area contributed by atoms with Gasteiger partial charge in [0.25, 0.3) is 0 Å². The average molecular weight is 427 g/mol. The Morgan fingerprint density at radius 1 is 0.966 bits per heavy atom. The highest BCUT2D eigenvalue weighted by atomic mass is 31.1. The van der Waals surface area contributed by atoms with Gasteiger partial charge in [-0.3, -0.25) is 0 Å². The molecule has 0 spiro atoms. The van der Waals surface area contributed by atoms with E-state index in [1.807, 2.05) is 0 Å². The lowest BCUT2D eigenvalue weighted by Crippen LogP contribution is -2.25. The van der Waals surface area contributed by atoms with E-state index in [-0.39, 0.29) is 7.92 Å². The van der Waals surface area contributed by atoms with Crippen LogP contribution in [0, 0.1) is 0 Å². The molecule has 0 N–H and O–H groups in total. The molecule has 0 aliphatic heterocycles. The van der Waals surface area contributed by atoms with E-state index in [9.17, 15) is 0 Å². The van der Waals surface area contributed by atoms with Crippen LogP contribution in [0.4, 0.5) is 0 Å². The topological polar surface area (TPSA) is 18.5 Å². The highest BCUT2D eigenvalue weighted by molar-refractivity contribution is 7.58. The van der Waals surface area contributed by atoms with Gasteiger partial charge in [0.05, 0.1) is 7.11 Å². The summed E-state index contributed by atoms with van der Waals surface area (Å²) in [4.78, 5) is 0. The first-order valence-corrected chi connectivity index (χ1v) is 15.9. The van der Waals surface area contributed by atoms with Crippen LogP contribution < -0.4 is 4.74 Å². The number of ether oxygens (including phenoxy) is 1. The third kappa shape index (κ3) is 4.62. The smallest absolute Gasteiger partial charge is 0.242 e. The van der Waals surface area contributed by atoms with E-state index in [0.717, 1.165) is 5.75 Å². The predicted molar refractivity (Wildman–Crippen MR) is 130 cm³/mol. The van der Waals surface area contributed by atoms with Crippen molar-refractivity contribution >= 4 is 22.0 Å². The molecule has 2 atom stereocenters. The summed E-state index contributed by atoms with van der Waals surface area (Å²) in [5.41, 5.74) is 6.02. The van der Waals surface area contributed by atoms with Gasteiger partial charge in [-0.2, -0.15) is 0 Å². The summed E-state index contributed by atoms with van der Waals surface area (Å²) in [6, 6.07) is 17.6. The molecule has 1 aliphatic carbocycles. The Labute approximate surface area is 179 Å². The molecule has 3 rings (SSSR count). The number of allylic oxidation sites excluding steroid dienone is 1. The Bertz CT molecular complexity index is 863. The zero-order chi connectivity index (χ0) is 21.2. The number of fused-ring (bicyclic) bond motifs is 1. The molecule has 0 fully saturated rings. The second kappa shape index (κ2) is 9.06. The fraction of sp³-hybridized carbons (Fsp3) is 0.440. The monoisotopic (exact) mass is 426 g/mol. The van der Waals surface area contributed by atoms with Crippen molar-refractivity contribution in [3.8, 4) is 5.75 Å². The van der Waals surface area contributed by atoms with E-state index in [4.69, 9.17) is 9.16 Å². The van der Waals surface area contributed by atoms with E-state index >= 15 is 0 Å². The summed E-state index contributed by atoms with van der Waals surface area (Å²) in [7, 11) is -0.199. The molecule has 2 unspecified atom stereocenters. The quantitative estimate of drug-likeness (QED) is 0.319. The summed E-state index contributed by atoms with van der Waals surface area (Å²) in [5.74, 6) is 2.47. The maximum Gasteiger partial charge on any atom is 0.242 e. The second-order valence-corrected chi connectivity index (χ2v) is 16.1. The number of methoxy groups -OCH3 is 1. The minimum absolute atomic E-state index is 0.182. The highest BCUT2D eigenvalue weighted by Crippen LogP contribution is 2.61. The summed E-state index contributed by atoms with van der Waals surface area (Å²) in [5, 5.41) is 0. The number of hydrogen-bond acceptors (Lipinski definition) is 2. The zero-order valence-corrected chi connectivity index (χ0v) is 20.8. The normalized spacial score (nSPS) is 17.4. The standard InChI is InChI=1S/C25H35O2PSi/c1-8-28(9-2)25(19-14-16-20(26-4)17-15-19)23-18(3)21-12-10-11-13-22(21)24(23)27-29(5,6)7/h10-18,25H,8-9H2,1-7H3. The van der Waals surface area contributed by atoms with Crippen LogP contribution in [0.5, 0.6) is 5.75 Å². The van der Waals surface area contributed by atoms with Crippen molar-refractivity contribution in [2.75, 3.05) is 19.4 Å². The Kier molecular flexibility index (Phi) is 6.91. The van der Waals surface area contributed by atoms with Gasteiger partial charge < -0.3 is 9.16 Å². The lowest BCUT2D eigenvalue weighted by Gasteiger charge is -2.32. The van der Waals surface area contributed by atoms with Gasteiger partial charge >= 0.3 is 0 Å². The maximum absolute atomic E-state index is 6.80. The molecule has 0 heterocycles. The van der Waals surface area contributed by atoms with E-state index < -0.39 is 8.32 Å². The van der Waals surface area contributed by atoms with Crippen molar-refractivity contribution in [1.82, 2.24) is 0 Å². The molecule has 0 saturated heterocycles. The minimum Gasteiger partial charge on any atom is -0.544 e. The lowest BCUT2D eigenvalue weighted by atomic mass is 9.93. The third-order valence-corrected chi connectivity index (χ3v) is 9.46. The largest absolute Gasteiger partial charge is 0.544 e. The third-order valence-electron chi connectivity index (χ3n) is 5.71. The first-order chi connectivity index (χ1) is 13.8. The highest BCUT2D eigenvalue weighted by Gasteiger charge is 2.38. The van der Waals surface area contributed by atoms with E-state index in [1.165, 1.54) is 40.3 Å². The van der Waals surface area contributed by atoms with Gasteiger partial charge in [0.1, 0.15) is 11.5 Å². The SMILES string of the molecule is CCP(CC)C(C1=C(O[Si](C)(C)C)c2ccccc2C1C)c1ccc(OC)cc1. The zero-order valence-electron chi connectivity index (χ0n) is 19.0. The van der Waals surface area contributed by atoms with E-state index in [0.29, 0.717) is 11.6 Å². The molecule has 2 aromatic carbocycles. The van der Waals surface area contributed by atoms with Gasteiger partial charge in [-0.1, -0.05) is 65.1 Å².